The molecule has 1 amide bonds. The number of carbonyl (C=O) groups excluding carboxylic acids is 1. The summed E-state index contributed by atoms with van der Waals surface area (Å²) in [6.07, 6.45) is 3.59. The molecule has 0 bridgehead atoms. The third-order valence-electron chi connectivity index (χ3n) is 4.71. The molecular weight excluding hydrogens is 362 g/mol. The molecule has 0 spiro atoms. The van der Waals surface area contributed by atoms with Gasteiger partial charge in [0.25, 0.3) is 0 Å². The Morgan fingerprint density at radius 2 is 1.86 bits per heavy atom. The second-order valence-corrected chi connectivity index (χ2v) is 6.24. The van der Waals surface area contributed by atoms with E-state index in [1.807, 2.05) is 12.1 Å². The van der Waals surface area contributed by atoms with E-state index in [2.05, 4.69) is 25.5 Å². The van der Waals surface area contributed by atoms with Gasteiger partial charge < -0.3 is 19.5 Å². The fourth-order valence-corrected chi connectivity index (χ4v) is 3.36. The van der Waals surface area contributed by atoms with Crippen molar-refractivity contribution in [3.05, 3.63) is 41.7 Å². The van der Waals surface area contributed by atoms with Gasteiger partial charge in [0, 0.05) is 41.9 Å². The maximum absolute atomic E-state index is 12.2. The second-order valence-electron chi connectivity index (χ2n) is 6.24. The Morgan fingerprint density at radius 1 is 1.07 bits per heavy atom. The molecular formula is C19H19N5O4. The van der Waals surface area contributed by atoms with Crippen molar-refractivity contribution in [3.8, 4) is 28.8 Å². The van der Waals surface area contributed by atoms with Gasteiger partial charge in [-0.1, -0.05) is 0 Å². The summed E-state index contributed by atoms with van der Waals surface area (Å²) in [4.78, 5) is 20.6. The fourth-order valence-electron chi connectivity index (χ4n) is 3.36. The van der Waals surface area contributed by atoms with Crippen molar-refractivity contribution >= 4 is 11.7 Å². The minimum absolute atomic E-state index is 0.118. The molecule has 0 radical (unpaired) electrons. The van der Waals surface area contributed by atoms with Crippen molar-refractivity contribution in [2.24, 2.45) is 0 Å². The van der Waals surface area contributed by atoms with Crippen LogP contribution in [0.3, 0.4) is 0 Å². The number of aromatic amines is 1. The molecule has 1 aliphatic heterocycles. The maximum Gasteiger partial charge on any atom is 0.316 e. The molecule has 1 aliphatic rings. The lowest BCUT2D eigenvalue weighted by molar-refractivity contribution is -0.116. The summed E-state index contributed by atoms with van der Waals surface area (Å²) < 4.78 is 15.8. The Hall–Kier alpha value is -3.62. The van der Waals surface area contributed by atoms with Crippen molar-refractivity contribution in [3.63, 3.8) is 0 Å². The van der Waals surface area contributed by atoms with Gasteiger partial charge in [-0.15, -0.1) is 0 Å². The lowest BCUT2D eigenvalue weighted by atomic mass is 9.85. The monoisotopic (exact) mass is 381 g/mol. The smallest absolute Gasteiger partial charge is 0.316 e. The summed E-state index contributed by atoms with van der Waals surface area (Å²) in [5.41, 5.74) is 3.23. The maximum atomic E-state index is 12.2. The predicted octanol–water partition coefficient (Wildman–Crippen LogP) is 2.37. The number of anilines is 1. The lowest BCUT2D eigenvalue weighted by Gasteiger charge is -2.23. The number of aromatic nitrogens is 4. The Kier molecular flexibility index (Phi) is 4.56. The van der Waals surface area contributed by atoms with Gasteiger partial charge in [0.2, 0.25) is 5.91 Å². The number of fused-ring (bicyclic) bond motifs is 1. The Morgan fingerprint density at radius 3 is 2.54 bits per heavy atom. The second kappa shape index (κ2) is 7.18. The number of ether oxygens (including phenoxy) is 3. The van der Waals surface area contributed by atoms with E-state index in [1.54, 1.807) is 32.7 Å². The average Bonchev–Trinajstić information content (AvgIpc) is 3.16. The molecule has 2 N–H and O–H groups in total. The molecule has 9 heteroatoms. The van der Waals surface area contributed by atoms with Crippen LogP contribution in [0.2, 0.25) is 0 Å². The van der Waals surface area contributed by atoms with Crippen LogP contribution in [0, 0.1) is 0 Å². The number of rotatable bonds is 5. The summed E-state index contributed by atoms with van der Waals surface area (Å²) in [5.74, 6) is 1.43. The van der Waals surface area contributed by atoms with E-state index in [9.17, 15) is 4.79 Å². The first-order chi connectivity index (χ1) is 13.6. The molecule has 3 heterocycles. The van der Waals surface area contributed by atoms with Gasteiger partial charge in [-0.25, -0.2) is 9.97 Å². The normalized spacial score (nSPS) is 15.5. The van der Waals surface area contributed by atoms with Crippen LogP contribution >= 0.6 is 0 Å². The SMILES string of the molecule is COc1ccc(-c2[nH]nc3c2C(c2cnc(OC)nc2)CC(=O)N3)c(OC)c1. The van der Waals surface area contributed by atoms with Crippen molar-refractivity contribution in [1.29, 1.82) is 0 Å². The van der Waals surface area contributed by atoms with Crippen molar-refractivity contribution in [2.75, 3.05) is 26.6 Å². The Labute approximate surface area is 161 Å². The molecule has 0 saturated heterocycles. The number of hydrogen-bond donors (Lipinski definition) is 2. The van der Waals surface area contributed by atoms with Gasteiger partial charge in [-0.3, -0.25) is 9.89 Å². The van der Waals surface area contributed by atoms with E-state index in [0.717, 1.165) is 22.4 Å². The van der Waals surface area contributed by atoms with Crippen LogP contribution in [0.25, 0.3) is 11.3 Å². The largest absolute Gasteiger partial charge is 0.497 e. The van der Waals surface area contributed by atoms with Crippen molar-refractivity contribution in [2.45, 2.75) is 12.3 Å². The number of nitrogens with zero attached hydrogens (tertiary/aromatic N) is 3. The molecule has 1 aromatic carbocycles. The topological polar surface area (TPSA) is 111 Å². The van der Waals surface area contributed by atoms with Gasteiger partial charge in [0.1, 0.15) is 11.5 Å². The first-order valence-corrected chi connectivity index (χ1v) is 8.61. The first kappa shape index (κ1) is 17.8. The Balaban J connectivity index is 1.84. The van der Waals surface area contributed by atoms with Crippen molar-refractivity contribution < 1.29 is 19.0 Å². The van der Waals surface area contributed by atoms with E-state index >= 15 is 0 Å². The predicted molar refractivity (Wildman–Crippen MR) is 101 cm³/mol. The molecule has 1 atom stereocenters. The fraction of sp³-hybridized carbons (Fsp3) is 0.263. The number of methoxy groups -OCH3 is 3. The number of hydrogen-bond acceptors (Lipinski definition) is 7. The van der Waals surface area contributed by atoms with Crippen LogP contribution in [0.15, 0.2) is 30.6 Å². The third-order valence-corrected chi connectivity index (χ3v) is 4.71. The van der Waals surface area contributed by atoms with Crippen molar-refractivity contribution in [1.82, 2.24) is 20.2 Å². The zero-order valence-electron chi connectivity index (χ0n) is 15.6. The summed E-state index contributed by atoms with van der Waals surface area (Å²) >= 11 is 0. The van der Waals surface area contributed by atoms with E-state index in [4.69, 9.17) is 14.2 Å². The van der Waals surface area contributed by atoms with Crippen LogP contribution in [0.4, 0.5) is 5.82 Å². The van der Waals surface area contributed by atoms with Gasteiger partial charge in [-0.05, 0) is 17.7 Å². The third kappa shape index (κ3) is 3.00. The highest BCUT2D eigenvalue weighted by atomic mass is 16.5. The molecule has 28 heavy (non-hydrogen) atoms. The van der Waals surface area contributed by atoms with E-state index in [1.165, 1.54) is 7.11 Å². The van der Waals surface area contributed by atoms with Crippen LogP contribution in [-0.2, 0) is 4.79 Å². The highest BCUT2D eigenvalue weighted by Crippen LogP contribution is 2.44. The molecule has 2 aromatic heterocycles. The van der Waals surface area contributed by atoms with Gasteiger partial charge in [0.05, 0.1) is 27.0 Å². The number of benzene rings is 1. The summed E-state index contributed by atoms with van der Waals surface area (Å²) in [5, 5.41) is 10.2. The molecule has 0 saturated carbocycles. The van der Waals surface area contributed by atoms with Crippen LogP contribution in [0.5, 0.6) is 17.5 Å². The molecule has 0 aliphatic carbocycles. The minimum Gasteiger partial charge on any atom is -0.497 e. The van der Waals surface area contributed by atoms with E-state index in [0.29, 0.717) is 17.3 Å². The number of amides is 1. The molecule has 1 unspecified atom stereocenters. The molecule has 9 nitrogen and oxygen atoms in total. The number of H-pyrrole nitrogens is 1. The Bertz CT molecular complexity index is 1020. The molecule has 144 valence electrons. The zero-order chi connectivity index (χ0) is 19.7. The standard InChI is InChI=1S/C19H19N5O4/c1-26-11-4-5-12(14(6-11)27-2)17-16-13(7-15(25)22-18(16)24-23-17)10-8-20-19(28-3)21-9-10/h4-6,8-9,13H,7H2,1-3H3,(H2,22,23,24,25). The van der Waals surface area contributed by atoms with Gasteiger partial charge >= 0.3 is 6.01 Å². The summed E-state index contributed by atoms with van der Waals surface area (Å²) in [6, 6.07) is 5.81. The molecule has 0 fully saturated rings. The number of carbonyl (C=O) groups is 1. The minimum atomic E-state index is -0.254. The van der Waals surface area contributed by atoms with Gasteiger partial charge in [-0.2, -0.15) is 5.10 Å². The van der Waals surface area contributed by atoms with Crippen LogP contribution < -0.4 is 19.5 Å². The number of nitrogens with one attached hydrogen (secondary N) is 2. The van der Waals surface area contributed by atoms with Crippen LogP contribution in [0.1, 0.15) is 23.5 Å². The van der Waals surface area contributed by atoms with E-state index < -0.39 is 0 Å². The highest BCUT2D eigenvalue weighted by Gasteiger charge is 2.33. The van der Waals surface area contributed by atoms with Gasteiger partial charge in [0.15, 0.2) is 5.82 Å². The summed E-state index contributed by atoms with van der Waals surface area (Å²) in [7, 11) is 4.70. The van der Waals surface area contributed by atoms with Crippen LogP contribution in [-0.4, -0.2) is 47.4 Å². The summed E-state index contributed by atoms with van der Waals surface area (Å²) in [6.45, 7) is 0. The van der Waals surface area contributed by atoms with E-state index in [-0.39, 0.29) is 24.3 Å². The highest BCUT2D eigenvalue weighted by molar-refractivity contribution is 5.96. The average molecular weight is 381 g/mol. The zero-order valence-corrected chi connectivity index (χ0v) is 15.6. The first-order valence-electron chi connectivity index (χ1n) is 8.61. The molecule has 4 rings (SSSR count). The molecule has 3 aromatic rings. The lowest BCUT2D eigenvalue weighted by Crippen LogP contribution is -2.23. The quantitative estimate of drug-likeness (QED) is 0.698.